The van der Waals surface area contributed by atoms with E-state index >= 15 is 0 Å². The lowest BCUT2D eigenvalue weighted by molar-refractivity contribution is 0.0739. The van der Waals surface area contributed by atoms with Gasteiger partial charge in [0.05, 0.1) is 12.3 Å². The average molecular weight is 355 g/mol. The smallest absolute Gasteiger partial charge is 0.274 e. The van der Waals surface area contributed by atoms with Gasteiger partial charge >= 0.3 is 0 Å². The van der Waals surface area contributed by atoms with E-state index in [-0.39, 0.29) is 5.91 Å². The highest BCUT2D eigenvalue weighted by molar-refractivity contribution is 5.94. The number of nitrogens with one attached hydrogen (secondary N) is 2. The molecule has 0 bridgehead atoms. The molecule has 26 heavy (non-hydrogen) atoms. The lowest BCUT2D eigenvalue weighted by Crippen LogP contribution is -2.49. The number of carbonyl (C=O) groups is 1. The topological polar surface area (TPSA) is 73.5 Å². The highest BCUT2D eigenvalue weighted by Gasteiger charge is 2.28. The van der Waals surface area contributed by atoms with Crippen molar-refractivity contribution in [1.82, 2.24) is 20.4 Å². The Morgan fingerprint density at radius 2 is 2.04 bits per heavy atom. The lowest BCUT2D eigenvalue weighted by Gasteiger charge is -2.36. The normalized spacial score (nSPS) is 17.1. The first-order valence-electron chi connectivity index (χ1n) is 9.30. The number of ether oxygens (including phenoxy) is 1. The zero-order valence-corrected chi connectivity index (χ0v) is 15.1. The molecule has 0 saturated carbocycles. The molecule has 1 aromatic heterocycles. The predicted molar refractivity (Wildman–Crippen MR) is 99.7 cm³/mol. The second-order valence-electron chi connectivity index (χ2n) is 6.64. The van der Waals surface area contributed by atoms with Crippen LogP contribution in [0.15, 0.2) is 24.3 Å². The molecule has 2 N–H and O–H groups in total. The van der Waals surface area contributed by atoms with E-state index in [9.17, 15) is 4.79 Å². The maximum Gasteiger partial charge on any atom is 0.274 e. The van der Waals surface area contributed by atoms with Crippen LogP contribution >= 0.6 is 0 Å². The van der Waals surface area contributed by atoms with E-state index in [4.69, 9.17) is 4.74 Å². The van der Waals surface area contributed by atoms with Crippen LogP contribution in [0.5, 0.6) is 5.75 Å². The first-order chi connectivity index (χ1) is 12.8. The largest absolute Gasteiger partial charge is 0.492 e. The van der Waals surface area contributed by atoms with Crippen molar-refractivity contribution in [2.75, 3.05) is 44.2 Å². The van der Waals surface area contributed by atoms with Crippen molar-refractivity contribution in [3.8, 4) is 5.75 Å². The Morgan fingerprint density at radius 3 is 2.85 bits per heavy atom. The third-order valence-electron chi connectivity index (χ3n) is 5.08. The second kappa shape index (κ2) is 7.37. The molecule has 2 aliphatic rings. The van der Waals surface area contributed by atoms with Crippen LogP contribution in [0.4, 0.5) is 5.69 Å². The van der Waals surface area contributed by atoms with Crippen LogP contribution in [0.1, 0.15) is 28.7 Å². The number of nitrogens with zero attached hydrogens (tertiary/aromatic N) is 3. The Bertz CT molecular complexity index is 780. The summed E-state index contributed by atoms with van der Waals surface area (Å²) in [5.41, 5.74) is 3.81. The molecular formula is C19H25N5O2. The molecule has 4 rings (SSSR count). The lowest BCUT2D eigenvalue weighted by atomic mass is 10.1. The van der Waals surface area contributed by atoms with Crippen LogP contribution in [0.3, 0.4) is 0 Å². The Kier molecular flexibility index (Phi) is 4.79. The molecule has 1 amide bonds. The first-order valence-corrected chi connectivity index (χ1v) is 9.30. The third-order valence-corrected chi connectivity index (χ3v) is 5.08. The van der Waals surface area contributed by atoms with Gasteiger partial charge in [0.2, 0.25) is 0 Å². The maximum atomic E-state index is 12.9. The SMILES string of the molecule is CCOc1ccccc1N1CCN(C(=O)c2n[nH]c3c2CNCC3)CC1. The fourth-order valence-corrected chi connectivity index (χ4v) is 3.70. The molecule has 7 heteroatoms. The Balaban J connectivity index is 1.44. The van der Waals surface area contributed by atoms with E-state index in [2.05, 4.69) is 26.5 Å². The number of aromatic amines is 1. The molecule has 138 valence electrons. The number of hydrogen-bond acceptors (Lipinski definition) is 5. The van der Waals surface area contributed by atoms with Crippen molar-refractivity contribution in [3.63, 3.8) is 0 Å². The quantitative estimate of drug-likeness (QED) is 0.868. The van der Waals surface area contributed by atoms with Gasteiger partial charge in [-0.1, -0.05) is 12.1 Å². The van der Waals surface area contributed by atoms with Crippen LogP contribution in [0.2, 0.25) is 0 Å². The predicted octanol–water partition coefficient (Wildman–Crippen LogP) is 1.42. The molecule has 1 aromatic carbocycles. The molecule has 1 fully saturated rings. The Hall–Kier alpha value is -2.54. The van der Waals surface area contributed by atoms with E-state index in [0.717, 1.165) is 48.7 Å². The number of H-pyrrole nitrogens is 1. The molecule has 0 atom stereocenters. The second-order valence-corrected chi connectivity index (χ2v) is 6.64. The van der Waals surface area contributed by atoms with Crippen molar-refractivity contribution in [2.45, 2.75) is 19.9 Å². The molecule has 0 unspecified atom stereocenters. The minimum Gasteiger partial charge on any atom is -0.492 e. The van der Waals surface area contributed by atoms with Gasteiger partial charge in [0.15, 0.2) is 5.69 Å². The van der Waals surface area contributed by atoms with Gasteiger partial charge in [0.1, 0.15) is 5.75 Å². The minimum atomic E-state index is 0.0314. The van der Waals surface area contributed by atoms with E-state index in [1.165, 1.54) is 0 Å². The van der Waals surface area contributed by atoms with Crippen LogP contribution < -0.4 is 15.0 Å². The molecule has 2 aromatic rings. The number of benzene rings is 1. The molecule has 0 spiro atoms. The fourth-order valence-electron chi connectivity index (χ4n) is 3.70. The number of aromatic nitrogens is 2. The van der Waals surface area contributed by atoms with Gasteiger partial charge in [-0.05, 0) is 19.1 Å². The standard InChI is InChI=1S/C19H25N5O2/c1-2-26-17-6-4-3-5-16(17)23-9-11-24(12-10-23)19(25)18-14-13-20-8-7-15(14)21-22-18/h3-6,20H,2,7-13H2,1H3,(H,21,22). The summed E-state index contributed by atoms with van der Waals surface area (Å²) in [5.74, 6) is 0.936. The first kappa shape index (κ1) is 16.9. The van der Waals surface area contributed by atoms with Gasteiger partial charge < -0.3 is 19.9 Å². The van der Waals surface area contributed by atoms with Gasteiger partial charge in [0.25, 0.3) is 5.91 Å². The highest BCUT2D eigenvalue weighted by Crippen LogP contribution is 2.29. The van der Waals surface area contributed by atoms with Crippen LogP contribution in [-0.4, -0.2) is 60.3 Å². The monoisotopic (exact) mass is 355 g/mol. The Morgan fingerprint density at radius 1 is 1.23 bits per heavy atom. The number of carbonyl (C=O) groups excluding carboxylic acids is 1. The summed E-state index contributed by atoms with van der Waals surface area (Å²) in [5, 5.41) is 10.7. The third kappa shape index (κ3) is 3.14. The van der Waals surface area contributed by atoms with Crippen molar-refractivity contribution in [2.24, 2.45) is 0 Å². The summed E-state index contributed by atoms with van der Waals surface area (Å²) in [6.45, 7) is 7.25. The van der Waals surface area contributed by atoms with Crippen LogP contribution in [0.25, 0.3) is 0 Å². The number of anilines is 1. The van der Waals surface area contributed by atoms with Crippen LogP contribution in [-0.2, 0) is 13.0 Å². The van der Waals surface area contributed by atoms with Crippen molar-refractivity contribution < 1.29 is 9.53 Å². The molecule has 0 aliphatic carbocycles. The molecule has 0 radical (unpaired) electrons. The molecule has 2 aliphatic heterocycles. The van der Waals surface area contributed by atoms with Crippen molar-refractivity contribution >= 4 is 11.6 Å². The Labute approximate surface area is 153 Å². The molecule has 7 nitrogen and oxygen atoms in total. The van der Waals surface area contributed by atoms with Crippen LogP contribution in [0, 0.1) is 0 Å². The number of para-hydroxylation sites is 2. The number of fused-ring (bicyclic) bond motifs is 1. The number of piperazine rings is 1. The zero-order chi connectivity index (χ0) is 17.9. The van der Waals surface area contributed by atoms with E-state index in [1.807, 2.05) is 30.0 Å². The summed E-state index contributed by atoms with van der Waals surface area (Å²) >= 11 is 0. The van der Waals surface area contributed by atoms with Crippen molar-refractivity contribution in [3.05, 3.63) is 41.2 Å². The highest BCUT2D eigenvalue weighted by atomic mass is 16.5. The zero-order valence-electron chi connectivity index (χ0n) is 15.1. The van der Waals surface area contributed by atoms with Crippen molar-refractivity contribution in [1.29, 1.82) is 0 Å². The number of amides is 1. The van der Waals surface area contributed by atoms with E-state index in [1.54, 1.807) is 0 Å². The summed E-state index contributed by atoms with van der Waals surface area (Å²) in [7, 11) is 0. The summed E-state index contributed by atoms with van der Waals surface area (Å²) in [4.78, 5) is 17.1. The van der Waals surface area contributed by atoms with E-state index < -0.39 is 0 Å². The van der Waals surface area contributed by atoms with Gasteiger partial charge in [-0.15, -0.1) is 0 Å². The minimum absolute atomic E-state index is 0.0314. The molecular weight excluding hydrogens is 330 g/mol. The summed E-state index contributed by atoms with van der Waals surface area (Å²) < 4.78 is 5.74. The maximum absolute atomic E-state index is 12.9. The number of hydrogen-bond donors (Lipinski definition) is 2. The van der Waals surface area contributed by atoms with Gasteiger partial charge in [-0.25, -0.2) is 0 Å². The van der Waals surface area contributed by atoms with Gasteiger partial charge in [-0.2, -0.15) is 5.10 Å². The van der Waals surface area contributed by atoms with Gasteiger partial charge in [0, 0.05) is 56.9 Å². The number of rotatable bonds is 4. The average Bonchev–Trinajstić information content (AvgIpc) is 3.12. The molecule has 3 heterocycles. The summed E-state index contributed by atoms with van der Waals surface area (Å²) in [6.07, 6.45) is 0.900. The van der Waals surface area contributed by atoms with Gasteiger partial charge in [-0.3, -0.25) is 9.89 Å². The molecule has 1 saturated heterocycles. The fraction of sp³-hybridized carbons (Fsp3) is 0.474. The van der Waals surface area contributed by atoms with E-state index in [0.29, 0.717) is 31.9 Å². The summed E-state index contributed by atoms with van der Waals surface area (Å²) in [6, 6.07) is 8.10.